The van der Waals surface area contributed by atoms with Crippen LogP contribution >= 0.6 is 11.3 Å². The van der Waals surface area contributed by atoms with E-state index in [0.29, 0.717) is 16.4 Å². The summed E-state index contributed by atoms with van der Waals surface area (Å²) < 4.78 is 4.74. The molecule has 0 unspecified atom stereocenters. The third-order valence-corrected chi connectivity index (χ3v) is 4.05. The van der Waals surface area contributed by atoms with Gasteiger partial charge in [-0.25, -0.2) is 4.79 Å². The molecule has 1 aromatic rings. The van der Waals surface area contributed by atoms with Crippen LogP contribution in [-0.2, 0) is 4.74 Å². The number of anilines is 2. The van der Waals surface area contributed by atoms with Crippen molar-refractivity contribution in [2.45, 2.75) is 6.92 Å². The first kappa shape index (κ1) is 15.3. The van der Waals surface area contributed by atoms with Crippen LogP contribution in [0.2, 0.25) is 0 Å². The Morgan fingerprint density at radius 3 is 2.32 bits per heavy atom. The quantitative estimate of drug-likeness (QED) is 0.843. The third-order valence-electron chi connectivity index (χ3n) is 2.74. The van der Waals surface area contributed by atoms with Crippen LogP contribution in [0.15, 0.2) is 0 Å². The van der Waals surface area contributed by atoms with E-state index in [4.69, 9.17) is 10.5 Å². The Bertz CT molecular complexity index is 497. The van der Waals surface area contributed by atoms with Crippen LogP contribution in [0.3, 0.4) is 0 Å². The molecule has 0 aliphatic heterocycles. The molecular weight excluding hydrogens is 266 g/mol. The highest BCUT2D eigenvalue weighted by molar-refractivity contribution is 7.19. The zero-order chi connectivity index (χ0) is 14.7. The molecule has 0 saturated heterocycles. The van der Waals surface area contributed by atoms with E-state index in [0.717, 1.165) is 0 Å². The van der Waals surface area contributed by atoms with E-state index in [1.165, 1.54) is 23.3 Å². The second-order valence-corrected chi connectivity index (χ2v) is 5.23. The van der Waals surface area contributed by atoms with E-state index in [1.807, 2.05) is 18.9 Å². The summed E-state index contributed by atoms with van der Waals surface area (Å²) in [5.41, 5.74) is 6.40. The highest BCUT2D eigenvalue weighted by atomic mass is 32.1. The van der Waals surface area contributed by atoms with Gasteiger partial charge in [0.1, 0.15) is 15.4 Å². The normalized spacial score (nSPS) is 10.2. The van der Waals surface area contributed by atoms with Crippen LogP contribution in [0.4, 0.5) is 10.7 Å². The number of nitrogens with zero attached hydrogens (tertiary/aromatic N) is 2. The fraction of sp³-hybridized carbons (Fsp3) is 0.500. The van der Waals surface area contributed by atoms with Crippen molar-refractivity contribution in [1.29, 1.82) is 0 Å². The molecule has 1 aromatic heterocycles. The third kappa shape index (κ3) is 2.81. The lowest BCUT2D eigenvalue weighted by molar-refractivity contribution is 0.0603. The smallest absolute Gasteiger partial charge is 0.343 e. The largest absolute Gasteiger partial charge is 0.465 e. The Hall–Kier alpha value is -1.76. The molecular formula is C12H19N3O3S. The minimum atomic E-state index is -0.526. The van der Waals surface area contributed by atoms with Crippen LogP contribution < -0.4 is 10.6 Å². The second kappa shape index (κ2) is 5.92. The Kier molecular flexibility index (Phi) is 4.77. The first-order valence-electron chi connectivity index (χ1n) is 5.78. The Labute approximate surface area is 116 Å². The molecule has 6 nitrogen and oxygen atoms in total. The molecule has 1 amide bonds. The summed E-state index contributed by atoms with van der Waals surface area (Å²) in [5, 5.41) is 0.650. The van der Waals surface area contributed by atoms with Gasteiger partial charge in [0.15, 0.2) is 0 Å². The molecule has 19 heavy (non-hydrogen) atoms. The molecule has 0 aromatic carbocycles. The fourth-order valence-electron chi connectivity index (χ4n) is 1.51. The average molecular weight is 285 g/mol. The van der Waals surface area contributed by atoms with Crippen LogP contribution in [0, 0.1) is 0 Å². The summed E-state index contributed by atoms with van der Waals surface area (Å²) in [7, 11) is 6.41. The van der Waals surface area contributed by atoms with Crippen molar-refractivity contribution < 1.29 is 14.3 Å². The maximum Gasteiger partial charge on any atom is 0.343 e. The molecule has 1 rings (SSSR count). The minimum Gasteiger partial charge on any atom is -0.465 e. The topological polar surface area (TPSA) is 75.9 Å². The van der Waals surface area contributed by atoms with Gasteiger partial charge >= 0.3 is 5.97 Å². The number of amides is 1. The molecule has 0 saturated carbocycles. The van der Waals surface area contributed by atoms with Crippen LogP contribution in [0.5, 0.6) is 0 Å². The van der Waals surface area contributed by atoms with Gasteiger partial charge < -0.3 is 20.3 Å². The first-order valence-corrected chi connectivity index (χ1v) is 6.60. The van der Waals surface area contributed by atoms with Gasteiger partial charge in [0, 0.05) is 27.7 Å². The van der Waals surface area contributed by atoms with Crippen molar-refractivity contribution >= 4 is 33.9 Å². The molecule has 0 radical (unpaired) electrons. The number of carbonyl (C=O) groups excluding carboxylic acids is 2. The standard InChI is InChI=1S/C12H19N3O3S/c1-6-15(4)11-7(12(17)18-5)8(13)9(19-11)10(16)14(2)3/h6,13H2,1-5H3. The van der Waals surface area contributed by atoms with Crippen molar-refractivity contribution in [2.24, 2.45) is 0 Å². The predicted octanol–water partition coefficient (Wildman–Crippen LogP) is 1.27. The molecule has 106 valence electrons. The van der Waals surface area contributed by atoms with Gasteiger partial charge in [-0.3, -0.25) is 4.79 Å². The molecule has 0 aliphatic carbocycles. The predicted molar refractivity (Wildman–Crippen MR) is 77.0 cm³/mol. The summed E-state index contributed by atoms with van der Waals surface area (Å²) >= 11 is 1.21. The highest BCUT2D eigenvalue weighted by Crippen LogP contribution is 2.38. The minimum absolute atomic E-state index is 0.186. The first-order chi connectivity index (χ1) is 8.84. The Morgan fingerprint density at radius 2 is 1.89 bits per heavy atom. The zero-order valence-corrected chi connectivity index (χ0v) is 12.6. The molecule has 0 fully saturated rings. The number of hydrogen-bond acceptors (Lipinski definition) is 6. The lowest BCUT2D eigenvalue weighted by atomic mass is 10.2. The number of carbonyl (C=O) groups is 2. The summed E-state index contributed by atoms with van der Waals surface area (Å²) in [5.74, 6) is -0.745. The van der Waals surface area contributed by atoms with Crippen molar-refractivity contribution in [3.8, 4) is 0 Å². The van der Waals surface area contributed by atoms with Crippen LogP contribution in [-0.4, -0.2) is 51.6 Å². The summed E-state index contributed by atoms with van der Waals surface area (Å²) in [6, 6.07) is 0. The van der Waals surface area contributed by atoms with Crippen molar-refractivity contribution in [3.05, 3.63) is 10.4 Å². The van der Waals surface area contributed by atoms with Gasteiger partial charge in [0.05, 0.1) is 12.8 Å². The van der Waals surface area contributed by atoms with Crippen molar-refractivity contribution in [3.63, 3.8) is 0 Å². The van der Waals surface area contributed by atoms with Gasteiger partial charge in [-0.05, 0) is 6.92 Å². The molecule has 7 heteroatoms. The monoisotopic (exact) mass is 285 g/mol. The Balaban J connectivity index is 3.43. The van der Waals surface area contributed by atoms with Gasteiger partial charge in [-0.1, -0.05) is 0 Å². The van der Waals surface area contributed by atoms with E-state index >= 15 is 0 Å². The molecule has 0 aliphatic rings. The summed E-state index contributed by atoms with van der Waals surface area (Å²) in [6.07, 6.45) is 0. The maximum absolute atomic E-state index is 12.0. The van der Waals surface area contributed by atoms with E-state index in [9.17, 15) is 9.59 Å². The van der Waals surface area contributed by atoms with E-state index in [-0.39, 0.29) is 17.2 Å². The molecule has 0 bridgehead atoms. The number of rotatable bonds is 4. The number of thiophene rings is 1. The fourth-order valence-corrected chi connectivity index (χ4v) is 2.76. The van der Waals surface area contributed by atoms with E-state index < -0.39 is 5.97 Å². The SMILES string of the molecule is CCN(C)c1sc(C(=O)N(C)C)c(N)c1C(=O)OC. The number of methoxy groups -OCH3 is 1. The second-order valence-electron chi connectivity index (χ2n) is 4.23. The van der Waals surface area contributed by atoms with Gasteiger partial charge in [-0.2, -0.15) is 0 Å². The number of nitrogen functional groups attached to an aromatic ring is 1. The average Bonchev–Trinajstić information content (AvgIpc) is 2.73. The summed E-state index contributed by atoms with van der Waals surface area (Å²) in [4.78, 5) is 27.5. The highest BCUT2D eigenvalue weighted by Gasteiger charge is 2.28. The number of nitrogens with two attached hydrogens (primary N) is 1. The zero-order valence-electron chi connectivity index (χ0n) is 11.8. The van der Waals surface area contributed by atoms with Crippen molar-refractivity contribution in [1.82, 2.24) is 4.90 Å². The van der Waals surface area contributed by atoms with Gasteiger partial charge in [-0.15, -0.1) is 11.3 Å². The Morgan fingerprint density at radius 1 is 1.32 bits per heavy atom. The van der Waals surface area contributed by atoms with Gasteiger partial charge in [0.25, 0.3) is 5.91 Å². The van der Waals surface area contributed by atoms with Crippen molar-refractivity contribution in [2.75, 3.05) is 45.4 Å². The molecule has 0 spiro atoms. The molecule has 0 atom stereocenters. The van der Waals surface area contributed by atoms with E-state index in [2.05, 4.69) is 0 Å². The number of hydrogen-bond donors (Lipinski definition) is 1. The van der Waals surface area contributed by atoms with Crippen LogP contribution in [0.25, 0.3) is 0 Å². The van der Waals surface area contributed by atoms with E-state index in [1.54, 1.807) is 14.1 Å². The lowest BCUT2D eigenvalue weighted by Gasteiger charge is -2.15. The number of ether oxygens (including phenoxy) is 1. The maximum atomic E-state index is 12.0. The lowest BCUT2D eigenvalue weighted by Crippen LogP contribution is -2.21. The summed E-state index contributed by atoms with van der Waals surface area (Å²) in [6.45, 7) is 2.64. The number of esters is 1. The molecule has 1 heterocycles. The molecule has 2 N–H and O–H groups in total. The van der Waals surface area contributed by atoms with Crippen LogP contribution in [0.1, 0.15) is 27.0 Å². The van der Waals surface area contributed by atoms with Gasteiger partial charge in [0.2, 0.25) is 0 Å².